The second-order valence-electron chi connectivity index (χ2n) is 5.47. The minimum atomic E-state index is -4.59. The highest BCUT2D eigenvalue weighted by atomic mass is 79.9. The summed E-state index contributed by atoms with van der Waals surface area (Å²) in [6.07, 6.45) is -1.85. The topological polar surface area (TPSA) is 38.1 Å². The normalized spacial score (nSPS) is 23.5. The Balaban J connectivity index is 2.42. The van der Waals surface area contributed by atoms with Crippen molar-refractivity contribution in [3.05, 3.63) is 15.9 Å². The van der Waals surface area contributed by atoms with Crippen molar-refractivity contribution in [1.82, 2.24) is 14.7 Å². The molecule has 2 rings (SSSR count). The Morgan fingerprint density at radius 2 is 1.81 bits per heavy atom. The lowest BCUT2D eigenvalue weighted by Crippen LogP contribution is -2.48. The first kappa shape index (κ1) is 16.3. The fraction of sp³-hybridized carbons (Fsp3) is 0.692. The molecule has 2 heterocycles. The van der Waals surface area contributed by atoms with Crippen molar-refractivity contribution >= 4 is 21.8 Å². The van der Waals surface area contributed by atoms with E-state index in [9.17, 15) is 18.0 Å². The first-order valence-corrected chi connectivity index (χ1v) is 7.56. The number of hydrogen-bond acceptors (Lipinski definition) is 2. The van der Waals surface area contributed by atoms with E-state index in [1.807, 2.05) is 13.8 Å². The molecule has 8 heteroatoms. The van der Waals surface area contributed by atoms with E-state index in [1.165, 1.54) is 7.05 Å². The average molecular weight is 368 g/mol. The highest BCUT2D eigenvalue weighted by molar-refractivity contribution is 9.10. The van der Waals surface area contributed by atoms with Crippen LogP contribution in [0.4, 0.5) is 13.2 Å². The summed E-state index contributed by atoms with van der Waals surface area (Å²) in [5.74, 6) is -0.410. The largest absolute Gasteiger partial charge is 0.436 e. The van der Waals surface area contributed by atoms with Gasteiger partial charge in [0.25, 0.3) is 5.91 Å². The molecule has 1 fully saturated rings. The molecule has 0 bridgehead atoms. The Morgan fingerprint density at radius 3 is 2.24 bits per heavy atom. The lowest BCUT2D eigenvalue weighted by Gasteiger charge is -2.39. The maximum atomic E-state index is 12.9. The molecule has 1 aromatic rings. The van der Waals surface area contributed by atoms with Gasteiger partial charge in [-0.3, -0.25) is 9.48 Å². The minimum absolute atomic E-state index is 0.0115. The highest BCUT2D eigenvalue weighted by Gasteiger charge is 2.41. The molecular weight excluding hydrogens is 351 g/mol. The van der Waals surface area contributed by atoms with E-state index in [2.05, 4.69) is 21.0 Å². The number of piperidine rings is 1. The molecule has 0 aliphatic carbocycles. The maximum Gasteiger partial charge on any atom is 0.436 e. The first-order chi connectivity index (χ1) is 9.64. The molecule has 4 nitrogen and oxygen atoms in total. The monoisotopic (exact) mass is 367 g/mol. The van der Waals surface area contributed by atoms with E-state index in [0.29, 0.717) is 0 Å². The van der Waals surface area contributed by atoms with Crippen molar-refractivity contribution in [2.75, 3.05) is 0 Å². The Labute approximate surface area is 129 Å². The van der Waals surface area contributed by atoms with Gasteiger partial charge in [0.2, 0.25) is 0 Å². The number of amides is 1. The van der Waals surface area contributed by atoms with E-state index in [0.717, 1.165) is 23.9 Å². The zero-order valence-corrected chi connectivity index (χ0v) is 13.6. The van der Waals surface area contributed by atoms with Crippen LogP contribution in [0.2, 0.25) is 0 Å². The van der Waals surface area contributed by atoms with Crippen LogP contribution in [-0.2, 0) is 13.2 Å². The number of aryl methyl sites for hydroxylation is 1. The molecule has 0 unspecified atom stereocenters. The van der Waals surface area contributed by atoms with Gasteiger partial charge in [0.05, 0.1) is 4.47 Å². The third-order valence-electron chi connectivity index (χ3n) is 3.89. The summed E-state index contributed by atoms with van der Waals surface area (Å²) in [4.78, 5) is 14.3. The Hall–Kier alpha value is -1.05. The second-order valence-corrected chi connectivity index (χ2v) is 6.27. The number of likely N-dealkylation sites (tertiary alicyclic amines) is 1. The number of aromatic nitrogens is 2. The number of carbonyl (C=O) groups is 1. The molecule has 0 radical (unpaired) electrons. The molecule has 0 saturated carbocycles. The Morgan fingerprint density at radius 1 is 1.29 bits per heavy atom. The number of hydrogen-bond donors (Lipinski definition) is 0. The van der Waals surface area contributed by atoms with Gasteiger partial charge in [-0.2, -0.15) is 18.3 Å². The molecule has 21 heavy (non-hydrogen) atoms. The molecule has 2 atom stereocenters. The minimum Gasteiger partial charge on any atom is -0.332 e. The number of halogens is 4. The van der Waals surface area contributed by atoms with E-state index in [-0.39, 0.29) is 22.3 Å². The molecule has 1 amide bonds. The van der Waals surface area contributed by atoms with Gasteiger partial charge < -0.3 is 4.90 Å². The Bertz CT molecular complexity index is 546. The van der Waals surface area contributed by atoms with Gasteiger partial charge in [0.15, 0.2) is 5.69 Å². The lowest BCUT2D eigenvalue weighted by molar-refractivity contribution is -0.142. The van der Waals surface area contributed by atoms with Crippen LogP contribution in [0.25, 0.3) is 0 Å². The molecule has 118 valence electrons. The van der Waals surface area contributed by atoms with Crippen molar-refractivity contribution in [2.24, 2.45) is 7.05 Å². The third-order valence-corrected chi connectivity index (χ3v) is 4.64. The van der Waals surface area contributed by atoms with Gasteiger partial charge in [0, 0.05) is 19.1 Å². The first-order valence-electron chi connectivity index (χ1n) is 6.77. The van der Waals surface area contributed by atoms with E-state index in [1.54, 1.807) is 4.90 Å². The van der Waals surface area contributed by atoms with Crippen LogP contribution in [0.15, 0.2) is 4.47 Å². The summed E-state index contributed by atoms with van der Waals surface area (Å²) in [5, 5.41) is 3.44. The zero-order chi connectivity index (χ0) is 15.9. The Kier molecular flexibility index (Phi) is 4.37. The maximum absolute atomic E-state index is 12.9. The van der Waals surface area contributed by atoms with Gasteiger partial charge in [-0.25, -0.2) is 0 Å². The van der Waals surface area contributed by atoms with Gasteiger partial charge in [-0.15, -0.1) is 0 Å². The van der Waals surface area contributed by atoms with Gasteiger partial charge in [-0.05, 0) is 49.0 Å². The molecule has 1 saturated heterocycles. The number of alkyl halides is 3. The van der Waals surface area contributed by atoms with Crippen LogP contribution in [-0.4, -0.2) is 32.7 Å². The molecule has 1 aromatic heterocycles. The summed E-state index contributed by atoms with van der Waals surface area (Å²) in [6.45, 7) is 3.84. The molecule has 1 aliphatic heterocycles. The molecule has 0 N–H and O–H groups in total. The predicted octanol–water partition coefficient (Wildman–Crippen LogP) is 3.60. The SMILES string of the molecule is C[C@@H]1CCC[C@H](C)N1C(=O)c1c(Br)c(C(F)(F)F)nn1C. The lowest BCUT2D eigenvalue weighted by atomic mass is 9.97. The summed E-state index contributed by atoms with van der Waals surface area (Å²) >= 11 is 2.89. The summed E-state index contributed by atoms with van der Waals surface area (Å²) in [6, 6.07) is 0.0229. The van der Waals surface area contributed by atoms with Gasteiger partial charge >= 0.3 is 6.18 Å². The van der Waals surface area contributed by atoms with Gasteiger partial charge in [-0.1, -0.05) is 0 Å². The van der Waals surface area contributed by atoms with Crippen LogP contribution < -0.4 is 0 Å². The zero-order valence-electron chi connectivity index (χ0n) is 12.0. The fourth-order valence-corrected chi connectivity index (χ4v) is 3.59. The number of carbonyl (C=O) groups excluding carboxylic acids is 1. The van der Waals surface area contributed by atoms with E-state index >= 15 is 0 Å². The van der Waals surface area contributed by atoms with Crippen molar-refractivity contribution in [2.45, 2.75) is 51.4 Å². The molecule has 0 spiro atoms. The summed E-state index contributed by atoms with van der Waals surface area (Å²) in [5.41, 5.74) is -1.12. The summed E-state index contributed by atoms with van der Waals surface area (Å²) in [7, 11) is 1.35. The quantitative estimate of drug-likeness (QED) is 0.760. The molecule has 1 aliphatic rings. The van der Waals surface area contributed by atoms with Crippen LogP contribution in [0.5, 0.6) is 0 Å². The van der Waals surface area contributed by atoms with Crippen LogP contribution in [0.1, 0.15) is 49.3 Å². The van der Waals surface area contributed by atoms with Crippen LogP contribution in [0, 0.1) is 0 Å². The molecule has 0 aromatic carbocycles. The van der Waals surface area contributed by atoms with E-state index in [4.69, 9.17) is 0 Å². The number of nitrogens with zero attached hydrogens (tertiary/aromatic N) is 3. The highest BCUT2D eigenvalue weighted by Crippen LogP contribution is 2.36. The smallest absolute Gasteiger partial charge is 0.332 e. The predicted molar refractivity (Wildman–Crippen MR) is 74.9 cm³/mol. The van der Waals surface area contributed by atoms with Gasteiger partial charge in [0.1, 0.15) is 5.69 Å². The second kappa shape index (κ2) is 5.62. The number of rotatable bonds is 1. The van der Waals surface area contributed by atoms with Crippen molar-refractivity contribution in [3.8, 4) is 0 Å². The fourth-order valence-electron chi connectivity index (χ4n) is 2.86. The van der Waals surface area contributed by atoms with Crippen molar-refractivity contribution in [1.29, 1.82) is 0 Å². The van der Waals surface area contributed by atoms with Crippen molar-refractivity contribution in [3.63, 3.8) is 0 Å². The standard InChI is InChI=1S/C13H17BrF3N3O/c1-7-5-4-6-8(2)20(7)12(21)10-9(14)11(13(15,16)17)18-19(10)3/h7-8H,4-6H2,1-3H3/t7-,8+. The molecular formula is C13H17BrF3N3O. The summed E-state index contributed by atoms with van der Waals surface area (Å²) < 4.78 is 39.3. The van der Waals surface area contributed by atoms with Crippen LogP contribution >= 0.6 is 15.9 Å². The van der Waals surface area contributed by atoms with Crippen molar-refractivity contribution < 1.29 is 18.0 Å². The third kappa shape index (κ3) is 2.95. The van der Waals surface area contributed by atoms with E-state index < -0.39 is 17.8 Å². The average Bonchev–Trinajstić information content (AvgIpc) is 2.64. The van der Waals surface area contributed by atoms with Crippen LogP contribution in [0.3, 0.4) is 0 Å².